The van der Waals surface area contributed by atoms with Crippen molar-refractivity contribution in [3.63, 3.8) is 0 Å². The van der Waals surface area contributed by atoms with E-state index in [0.717, 1.165) is 23.4 Å². The molecule has 0 saturated heterocycles. The van der Waals surface area contributed by atoms with Crippen LogP contribution in [0.3, 0.4) is 0 Å². The van der Waals surface area contributed by atoms with Gasteiger partial charge in [0.15, 0.2) is 5.65 Å². The fourth-order valence-electron chi connectivity index (χ4n) is 4.34. The van der Waals surface area contributed by atoms with Crippen molar-refractivity contribution in [2.75, 3.05) is 30.7 Å². The second-order valence-corrected chi connectivity index (χ2v) is 15.2. The number of aromatic nitrogens is 4. The Morgan fingerprint density at radius 1 is 1.04 bits per heavy atom. The molecule has 3 amide bonds. The Hall–Kier alpha value is -5.42. The van der Waals surface area contributed by atoms with Crippen LogP contribution in [0.4, 0.5) is 10.5 Å². The Kier molecular flexibility index (Phi) is 15.4. The number of esters is 1. The summed E-state index contributed by atoms with van der Waals surface area (Å²) in [6.07, 6.45) is -2.25. The van der Waals surface area contributed by atoms with Crippen LogP contribution in [0.25, 0.3) is 5.65 Å². The van der Waals surface area contributed by atoms with Gasteiger partial charge in [0.25, 0.3) is 15.2 Å². The summed E-state index contributed by atoms with van der Waals surface area (Å²) in [5.41, 5.74) is -1.43. The highest BCUT2D eigenvalue weighted by molar-refractivity contribution is 7.99. The molecule has 0 bridgehead atoms. The van der Waals surface area contributed by atoms with E-state index in [1.54, 1.807) is 27.7 Å². The number of hydrogen-bond acceptors (Lipinski definition) is 15. The molecule has 55 heavy (non-hydrogen) atoms. The third-order valence-corrected chi connectivity index (χ3v) is 9.20. The van der Waals surface area contributed by atoms with Gasteiger partial charge in [-0.3, -0.25) is 19.1 Å². The number of anilines is 1. The molecular weight excluding hydrogens is 792 g/mol. The van der Waals surface area contributed by atoms with Gasteiger partial charge in [-0.15, -0.1) is 16.9 Å². The first-order chi connectivity index (χ1) is 25.7. The lowest BCUT2D eigenvalue weighted by atomic mass is 10.1. The van der Waals surface area contributed by atoms with E-state index in [2.05, 4.69) is 35.7 Å². The molecule has 2 aromatic heterocycles. The zero-order valence-corrected chi connectivity index (χ0v) is 32.5. The molecule has 0 aliphatic heterocycles. The van der Waals surface area contributed by atoms with E-state index in [4.69, 9.17) is 30.9 Å². The molecule has 300 valence electrons. The Morgan fingerprint density at radius 3 is 2.36 bits per heavy atom. The number of carbonyl (C=O) groups excluding carboxylic acids is 4. The minimum Gasteiger partial charge on any atom is -0.481 e. The van der Waals surface area contributed by atoms with Crippen LogP contribution in [-0.4, -0.2) is 118 Å². The Balaban J connectivity index is 1.85. The highest BCUT2D eigenvalue weighted by Crippen LogP contribution is 2.29. The fourth-order valence-corrected chi connectivity index (χ4v) is 6.50. The molecule has 24 heteroatoms. The van der Waals surface area contributed by atoms with Gasteiger partial charge in [-0.25, -0.2) is 14.4 Å². The molecule has 0 fully saturated rings. The number of alkyl carbamates (subject to hydrolysis) is 1. The number of carboxylic acids is 2. The van der Waals surface area contributed by atoms with Gasteiger partial charge in [0.2, 0.25) is 11.8 Å². The van der Waals surface area contributed by atoms with E-state index in [-0.39, 0.29) is 58.3 Å². The number of amides is 3. The maximum Gasteiger partial charge on any atom is 0.408 e. The number of halogens is 1. The van der Waals surface area contributed by atoms with Crippen molar-refractivity contribution in [2.24, 2.45) is 0 Å². The number of nitrogens with zero attached hydrogens (tertiary/aromatic N) is 4. The molecule has 3 rings (SSSR count). The van der Waals surface area contributed by atoms with Crippen molar-refractivity contribution >= 4 is 80.5 Å². The van der Waals surface area contributed by atoms with Crippen molar-refractivity contribution in [2.45, 2.75) is 74.8 Å². The molecule has 0 saturated carbocycles. The second kappa shape index (κ2) is 19.3. The van der Waals surface area contributed by atoms with Crippen LogP contribution in [0.15, 0.2) is 34.4 Å². The zero-order chi connectivity index (χ0) is 41.1. The van der Waals surface area contributed by atoms with Gasteiger partial charge in [-0.2, -0.15) is 22.9 Å². The maximum absolute atomic E-state index is 13.4. The molecule has 0 aliphatic rings. The number of ether oxygens (including phenoxy) is 3. The third kappa shape index (κ3) is 13.1. The number of hydrogen-bond donors (Lipinski definition) is 6. The molecule has 2 atom stereocenters. The summed E-state index contributed by atoms with van der Waals surface area (Å²) in [6.45, 7) is 6.16. The first-order valence-corrected chi connectivity index (χ1v) is 19.0. The first-order valence-electron chi connectivity index (χ1n) is 16.2. The summed E-state index contributed by atoms with van der Waals surface area (Å²) < 4.78 is 45.3. The smallest absolute Gasteiger partial charge is 0.408 e. The van der Waals surface area contributed by atoms with Crippen molar-refractivity contribution in [1.82, 2.24) is 35.5 Å². The topological polar surface area (TPSA) is 296 Å². The monoisotopic (exact) mass is 830 g/mol. The van der Waals surface area contributed by atoms with Crippen LogP contribution in [-0.2, 0) is 38.7 Å². The lowest BCUT2D eigenvalue weighted by Gasteiger charge is -2.22. The maximum atomic E-state index is 13.4. The Morgan fingerprint density at radius 2 is 1.75 bits per heavy atom. The predicted molar refractivity (Wildman–Crippen MR) is 193 cm³/mol. The quantitative estimate of drug-likeness (QED) is 0.0569. The number of aliphatic carboxylic acids is 2. The fraction of sp³-hybridized carbons (Fsp3) is 0.452. The molecule has 0 aliphatic carbocycles. The van der Waals surface area contributed by atoms with Crippen molar-refractivity contribution in [3.8, 4) is 6.01 Å². The summed E-state index contributed by atoms with van der Waals surface area (Å²) in [4.78, 5) is 81.5. The number of benzene rings is 1. The number of para-hydroxylation sites is 1. The van der Waals surface area contributed by atoms with E-state index >= 15 is 0 Å². The van der Waals surface area contributed by atoms with E-state index in [9.17, 15) is 42.3 Å². The SMILES string of the molecule is CCOc1nc(SC[C@H](NC(=O)CC[C@@H](NC(=O)OC(C)(C)C)C(=O)O)C(=O)NCCC(=O)O)cc2nc(S(=O)(=O)Nc3c(Cl)cccc3C(=O)OC)nn12. The van der Waals surface area contributed by atoms with E-state index in [0.29, 0.717) is 0 Å². The van der Waals surface area contributed by atoms with Gasteiger partial charge in [-0.1, -0.05) is 17.7 Å². The zero-order valence-electron chi connectivity index (χ0n) is 30.1. The number of rotatable bonds is 19. The first kappa shape index (κ1) is 44.0. The molecule has 3 aromatic rings. The van der Waals surface area contributed by atoms with E-state index < -0.39 is 81.5 Å². The molecule has 6 N–H and O–H groups in total. The van der Waals surface area contributed by atoms with Gasteiger partial charge < -0.3 is 40.4 Å². The van der Waals surface area contributed by atoms with Gasteiger partial charge in [0.05, 0.1) is 36.4 Å². The Labute approximate surface area is 323 Å². The van der Waals surface area contributed by atoms with Gasteiger partial charge in [0.1, 0.15) is 22.7 Å². The highest BCUT2D eigenvalue weighted by Gasteiger charge is 2.29. The van der Waals surface area contributed by atoms with Crippen molar-refractivity contribution in [1.29, 1.82) is 0 Å². The van der Waals surface area contributed by atoms with Gasteiger partial charge in [0, 0.05) is 24.8 Å². The normalized spacial score (nSPS) is 12.5. The van der Waals surface area contributed by atoms with Crippen LogP contribution in [0.1, 0.15) is 57.3 Å². The van der Waals surface area contributed by atoms with Gasteiger partial charge in [-0.05, 0) is 46.2 Å². The highest BCUT2D eigenvalue weighted by atomic mass is 35.5. The molecule has 2 heterocycles. The number of carbonyl (C=O) groups is 6. The minimum atomic E-state index is -4.59. The summed E-state index contributed by atoms with van der Waals surface area (Å²) in [5.74, 6) is -5.25. The number of methoxy groups -OCH3 is 1. The lowest BCUT2D eigenvalue weighted by molar-refractivity contribution is -0.140. The van der Waals surface area contributed by atoms with Crippen molar-refractivity contribution < 1.29 is 61.6 Å². The minimum absolute atomic E-state index is 0.0588. The number of thioether (sulfide) groups is 1. The summed E-state index contributed by atoms with van der Waals surface area (Å²) >= 11 is 7.09. The number of nitrogens with one attached hydrogen (secondary N) is 4. The third-order valence-electron chi connectivity index (χ3n) is 6.76. The van der Waals surface area contributed by atoms with Crippen LogP contribution < -0.4 is 25.4 Å². The van der Waals surface area contributed by atoms with E-state index in [1.807, 2.05) is 0 Å². The average molecular weight is 831 g/mol. The molecule has 0 radical (unpaired) electrons. The number of sulfonamides is 1. The number of carboxylic acid groups (broad SMARTS) is 2. The van der Waals surface area contributed by atoms with E-state index in [1.165, 1.54) is 24.3 Å². The standard InChI is InChI=1S/C31H39ClN8O13S2/c1-6-52-29-37-22(14-20-36-28(38-40(20)29)55(49,50)39-24-16(27(47)51-5)8-7-9-17(24)32)54-15-19(25(44)33-13-12-23(42)43)34-21(41)11-10-18(26(45)46)35-30(48)53-31(2,3)4/h7-9,14,18-19,39H,6,10-13,15H2,1-5H3,(H,33,44)(H,34,41)(H,35,48)(H,42,43)(H,45,46)/t18-,19+/m1/s1. The largest absolute Gasteiger partial charge is 0.481 e. The predicted octanol–water partition coefficient (Wildman–Crippen LogP) is 1.69. The van der Waals surface area contributed by atoms with Crippen LogP contribution >= 0.6 is 23.4 Å². The molecular formula is C31H39ClN8O13S2. The second-order valence-electron chi connectivity index (χ2n) is 12.2. The lowest BCUT2D eigenvalue weighted by Crippen LogP contribution is -2.49. The Bertz CT molecular complexity index is 2040. The molecule has 0 spiro atoms. The van der Waals surface area contributed by atoms with Crippen molar-refractivity contribution in [3.05, 3.63) is 34.9 Å². The van der Waals surface area contributed by atoms with Crippen LogP contribution in [0.5, 0.6) is 6.01 Å². The summed E-state index contributed by atoms with van der Waals surface area (Å²) in [5, 5.41) is 28.9. The molecule has 21 nitrogen and oxygen atoms in total. The van der Waals surface area contributed by atoms with Crippen LogP contribution in [0, 0.1) is 0 Å². The van der Waals surface area contributed by atoms with Gasteiger partial charge >= 0.3 is 30.0 Å². The summed E-state index contributed by atoms with van der Waals surface area (Å²) in [6, 6.07) is 2.36. The molecule has 0 unspecified atom stereocenters. The number of fused-ring (bicyclic) bond motifs is 1. The molecule has 1 aromatic carbocycles. The average Bonchev–Trinajstić information content (AvgIpc) is 3.54. The van der Waals surface area contributed by atoms with Crippen LogP contribution in [0.2, 0.25) is 5.02 Å². The summed E-state index contributed by atoms with van der Waals surface area (Å²) in [7, 11) is -3.48.